The van der Waals surface area contributed by atoms with Crippen molar-refractivity contribution in [1.29, 1.82) is 0 Å². The van der Waals surface area contributed by atoms with Crippen molar-refractivity contribution in [2.45, 2.75) is 18.6 Å². The third kappa shape index (κ3) is 3.41. The maximum absolute atomic E-state index is 10.0. The third-order valence-corrected chi connectivity index (χ3v) is 1.96. The van der Waals surface area contributed by atoms with Gasteiger partial charge in [0, 0.05) is 11.1 Å². The van der Waals surface area contributed by atoms with Gasteiger partial charge in [-0.3, -0.25) is 4.21 Å². The summed E-state index contributed by atoms with van der Waals surface area (Å²) in [6.07, 6.45) is 0.539. The summed E-state index contributed by atoms with van der Waals surface area (Å²) in [5.74, 6) is 0.412. The molecule has 4 heteroatoms. The Kier molecular flexibility index (Phi) is 4.51. The van der Waals surface area contributed by atoms with Gasteiger partial charge in [-0.1, -0.05) is 18.0 Å². The summed E-state index contributed by atoms with van der Waals surface area (Å²) < 4.78 is 20.1. The Labute approximate surface area is 56.5 Å². The van der Waals surface area contributed by atoms with Gasteiger partial charge in [0.25, 0.3) is 0 Å². The highest BCUT2D eigenvalue weighted by Crippen LogP contribution is 1.98. The molecule has 0 fully saturated rings. The zero-order valence-electron chi connectivity index (χ0n) is 4.59. The first kappa shape index (κ1) is 8.40. The van der Waals surface area contributed by atoms with Crippen molar-refractivity contribution in [3.05, 3.63) is 0 Å². The lowest BCUT2D eigenvalue weighted by Crippen LogP contribution is -2.09. The first-order valence-electron chi connectivity index (χ1n) is 2.32. The van der Waals surface area contributed by atoms with E-state index < -0.39 is 11.1 Å². The highest BCUT2D eigenvalue weighted by molar-refractivity contribution is 7.79. The van der Waals surface area contributed by atoms with Crippen molar-refractivity contribution in [1.82, 2.24) is 0 Å². The molecule has 0 saturated heterocycles. The minimum atomic E-state index is -1.94. The second-order valence-electron chi connectivity index (χ2n) is 1.55. The van der Waals surface area contributed by atoms with E-state index in [-0.39, 0.29) is 5.25 Å². The van der Waals surface area contributed by atoms with E-state index in [2.05, 4.69) is 0 Å². The van der Waals surface area contributed by atoms with Crippen molar-refractivity contribution in [3.8, 4) is 0 Å². The lowest BCUT2D eigenvalue weighted by Gasteiger charge is -2.11. The Balaban J connectivity index is 3.32. The van der Waals surface area contributed by atoms with E-state index in [4.69, 9.17) is 11.6 Å². The molecule has 0 aliphatic heterocycles. The average molecular weight is 156 g/mol. The fourth-order valence-electron chi connectivity index (χ4n) is 0.250. The highest BCUT2D eigenvalue weighted by atomic mass is 35.5. The molecule has 0 aromatic carbocycles. The summed E-state index contributed by atoms with van der Waals surface area (Å²) in [5.41, 5.74) is 0. The summed E-state index contributed by atoms with van der Waals surface area (Å²) in [6.45, 7) is 1.63. The lowest BCUT2D eigenvalue weighted by molar-refractivity contribution is 0.523. The van der Waals surface area contributed by atoms with E-state index in [1.165, 1.54) is 0 Å². The van der Waals surface area contributed by atoms with Crippen LogP contribution < -0.4 is 0 Å². The van der Waals surface area contributed by atoms with E-state index in [0.717, 1.165) is 0 Å². The van der Waals surface area contributed by atoms with Gasteiger partial charge < -0.3 is 4.55 Å². The molecule has 2 nitrogen and oxygen atoms in total. The molecule has 0 aromatic rings. The van der Waals surface area contributed by atoms with Crippen LogP contribution in [0.3, 0.4) is 0 Å². The largest absolute Gasteiger partial charge is 0.772 e. The van der Waals surface area contributed by atoms with Gasteiger partial charge in [-0.15, -0.1) is 11.6 Å². The smallest absolute Gasteiger partial charge is 0.0234 e. The van der Waals surface area contributed by atoms with E-state index in [1.54, 1.807) is 6.92 Å². The van der Waals surface area contributed by atoms with Crippen molar-refractivity contribution in [3.63, 3.8) is 0 Å². The fraction of sp³-hybridized carbons (Fsp3) is 1.00. The summed E-state index contributed by atoms with van der Waals surface area (Å²) >= 11 is 3.32. The standard InChI is InChI=1S/C4H9ClO2S/c1-4(2-3-5)8(6)7/h4H,2-3H2,1H3,(H,6,7)/p-1. The Bertz CT molecular complexity index is 86.1. The van der Waals surface area contributed by atoms with Crippen molar-refractivity contribution < 1.29 is 8.76 Å². The van der Waals surface area contributed by atoms with Crippen LogP contribution in [-0.4, -0.2) is 19.9 Å². The first-order chi connectivity index (χ1) is 3.68. The van der Waals surface area contributed by atoms with Gasteiger partial charge in [-0.2, -0.15) is 0 Å². The summed E-state index contributed by atoms with van der Waals surface area (Å²) in [4.78, 5) is 0. The molecule has 0 bridgehead atoms. The normalized spacial score (nSPS) is 17.9. The second-order valence-corrected chi connectivity index (χ2v) is 3.25. The predicted molar refractivity (Wildman–Crippen MR) is 33.7 cm³/mol. The van der Waals surface area contributed by atoms with Crippen LogP contribution in [0.5, 0.6) is 0 Å². The molecule has 0 amide bonds. The van der Waals surface area contributed by atoms with Crippen molar-refractivity contribution in [2.75, 3.05) is 5.88 Å². The Hall–Kier alpha value is 0.400. The van der Waals surface area contributed by atoms with Crippen LogP contribution in [0.15, 0.2) is 0 Å². The van der Waals surface area contributed by atoms with Crippen LogP contribution in [0.4, 0.5) is 0 Å². The van der Waals surface area contributed by atoms with Gasteiger partial charge in [-0.05, 0) is 6.42 Å². The molecule has 0 N–H and O–H groups in total. The number of hydrogen-bond donors (Lipinski definition) is 0. The maximum atomic E-state index is 10.0. The van der Waals surface area contributed by atoms with Crippen LogP contribution in [0.1, 0.15) is 13.3 Å². The van der Waals surface area contributed by atoms with Crippen LogP contribution >= 0.6 is 11.6 Å². The van der Waals surface area contributed by atoms with Crippen LogP contribution in [0.25, 0.3) is 0 Å². The maximum Gasteiger partial charge on any atom is 0.0234 e. The van der Waals surface area contributed by atoms with Gasteiger partial charge in [0.15, 0.2) is 0 Å². The van der Waals surface area contributed by atoms with Crippen LogP contribution in [0, 0.1) is 0 Å². The quantitative estimate of drug-likeness (QED) is 0.449. The molecule has 0 aromatic heterocycles. The van der Waals surface area contributed by atoms with Crippen molar-refractivity contribution in [2.24, 2.45) is 0 Å². The first-order valence-corrected chi connectivity index (χ1v) is 3.99. The minimum absolute atomic E-state index is 0.299. The fourth-order valence-corrected chi connectivity index (χ4v) is 1.02. The highest BCUT2D eigenvalue weighted by Gasteiger charge is 1.97. The van der Waals surface area contributed by atoms with Crippen LogP contribution in [0.2, 0.25) is 0 Å². The van der Waals surface area contributed by atoms with Crippen LogP contribution in [-0.2, 0) is 11.1 Å². The van der Waals surface area contributed by atoms with E-state index in [1.807, 2.05) is 0 Å². The summed E-state index contributed by atoms with van der Waals surface area (Å²) in [5, 5.41) is -0.299. The molecule has 0 aliphatic rings. The predicted octanol–water partition coefficient (Wildman–Crippen LogP) is 0.883. The summed E-state index contributed by atoms with van der Waals surface area (Å²) in [7, 11) is 0. The zero-order chi connectivity index (χ0) is 6.57. The Morgan fingerprint density at radius 3 is 2.50 bits per heavy atom. The molecule has 8 heavy (non-hydrogen) atoms. The Morgan fingerprint density at radius 1 is 1.88 bits per heavy atom. The number of hydrogen-bond acceptors (Lipinski definition) is 2. The molecule has 0 radical (unpaired) electrons. The molecule has 0 heterocycles. The minimum Gasteiger partial charge on any atom is -0.772 e. The number of rotatable bonds is 3. The molecule has 0 rings (SSSR count). The average Bonchev–Trinajstić information content (AvgIpc) is 1.67. The lowest BCUT2D eigenvalue weighted by atomic mass is 10.4. The molecule has 0 aliphatic carbocycles. The SMILES string of the molecule is CC(CCCl)S(=O)[O-]. The topological polar surface area (TPSA) is 40.1 Å². The van der Waals surface area contributed by atoms with Gasteiger partial charge in [0.2, 0.25) is 0 Å². The monoisotopic (exact) mass is 155 g/mol. The zero-order valence-corrected chi connectivity index (χ0v) is 6.17. The summed E-state index contributed by atoms with van der Waals surface area (Å²) in [6, 6.07) is 0. The van der Waals surface area contributed by atoms with Gasteiger partial charge in [0.05, 0.1) is 0 Å². The second kappa shape index (κ2) is 4.30. The number of alkyl halides is 1. The van der Waals surface area contributed by atoms with Crippen molar-refractivity contribution >= 4 is 22.7 Å². The van der Waals surface area contributed by atoms with Gasteiger partial charge in [0.1, 0.15) is 0 Å². The Morgan fingerprint density at radius 2 is 2.38 bits per heavy atom. The third-order valence-electron chi connectivity index (χ3n) is 0.844. The molecule has 2 unspecified atom stereocenters. The molecule has 0 spiro atoms. The van der Waals surface area contributed by atoms with E-state index in [9.17, 15) is 8.76 Å². The van der Waals surface area contributed by atoms with Gasteiger partial charge >= 0.3 is 0 Å². The van der Waals surface area contributed by atoms with Gasteiger partial charge in [-0.25, -0.2) is 0 Å². The molecule has 0 saturated carbocycles. The molecule has 2 atom stereocenters. The molecular weight excluding hydrogens is 148 g/mol. The molecule has 50 valence electrons. The van der Waals surface area contributed by atoms with E-state index >= 15 is 0 Å². The van der Waals surface area contributed by atoms with E-state index in [0.29, 0.717) is 12.3 Å². The number of halogens is 1. The molecular formula is C4H8ClO2S-.